The molecule has 0 bridgehead atoms. The second-order valence-corrected chi connectivity index (χ2v) is 7.55. The fourth-order valence-corrected chi connectivity index (χ4v) is 3.96. The van der Waals surface area contributed by atoms with Crippen molar-refractivity contribution in [2.45, 2.75) is 0 Å². The minimum absolute atomic E-state index is 0.212. The van der Waals surface area contributed by atoms with Gasteiger partial charge in [0.25, 0.3) is 5.91 Å². The Labute approximate surface area is 177 Å². The molecule has 1 amide bonds. The Morgan fingerprint density at radius 3 is 2.48 bits per heavy atom. The van der Waals surface area contributed by atoms with Gasteiger partial charge < -0.3 is 10.1 Å². The summed E-state index contributed by atoms with van der Waals surface area (Å²) in [5, 5.41) is 6.32. The maximum Gasteiger partial charge on any atom is 0.255 e. The predicted octanol–water partition coefficient (Wildman–Crippen LogP) is 6.39. The summed E-state index contributed by atoms with van der Waals surface area (Å²) in [7, 11) is 1.59. The molecule has 1 aromatic heterocycles. The predicted molar refractivity (Wildman–Crippen MR) is 119 cm³/mol. The summed E-state index contributed by atoms with van der Waals surface area (Å²) in [6.07, 6.45) is 0. The SMILES string of the molecule is COc1ccc(C(=O)Nc2ccc(-c3csc(-c4ccccc4)n3)c(Cl)c2)cc1. The number of methoxy groups -OCH3 is 1. The van der Waals surface area contributed by atoms with Crippen molar-refractivity contribution < 1.29 is 9.53 Å². The number of carbonyl (C=O) groups excluding carboxylic acids is 1. The van der Waals surface area contributed by atoms with Crippen LogP contribution in [0.1, 0.15) is 10.4 Å². The zero-order chi connectivity index (χ0) is 20.2. The Balaban J connectivity index is 1.52. The molecule has 0 aliphatic rings. The number of halogens is 1. The summed E-state index contributed by atoms with van der Waals surface area (Å²) in [6.45, 7) is 0. The minimum atomic E-state index is -0.212. The summed E-state index contributed by atoms with van der Waals surface area (Å²) in [4.78, 5) is 17.1. The molecular weight excluding hydrogens is 404 g/mol. The van der Waals surface area contributed by atoms with Gasteiger partial charge in [-0.15, -0.1) is 11.3 Å². The van der Waals surface area contributed by atoms with E-state index in [9.17, 15) is 4.79 Å². The average Bonchev–Trinajstić information content (AvgIpc) is 3.24. The monoisotopic (exact) mass is 420 g/mol. The van der Waals surface area contributed by atoms with E-state index in [1.165, 1.54) is 0 Å². The molecule has 3 aromatic carbocycles. The molecule has 0 saturated carbocycles. The van der Waals surface area contributed by atoms with E-state index in [-0.39, 0.29) is 5.91 Å². The second kappa shape index (κ2) is 8.47. The highest BCUT2D eigenvalue weighted by atomic mass is 35.5. The molecule has 4 aromatic rings. The van der Waals surface area contributed by atoms with E-state index in [1.54, 1.807) is 48.8 Å². The van der Waals surface area contributed by atoms with E-state index in [0.29, 0.717) is 22.0 Å². The molecule has 29 heavy (non-hydrogen) atoms. The van der Waals surface area contributed by atoms with Gasteiger partial charge in [0.05, 0.1) is 17.8 Å². The van der Waals surface area contributed by atoms with Crippen LogP contribution in [-0.4, -0.2) is 18.0 Å². The molecule has 4 nitrogen and oxygen atoms in total. The van der Waals surface area contributed by atoms with Crippen LogP contribution in [0.4, 0.5) is 5.69 Å². The van der Waals surface area contributed by atoms with Crippen LogP contribution in [0.15, 0.2) is 78.2 Å². The van der Waals surface area contributed by atoms with Crippen molar-refractivity contribution in [2.75, 3.05) is 12.4 Å². The van der Waals surface area contributed by atoms with Gasteiger partial charge in [-0.1, -0.05) is 41.9 Å². The summed E-state index contributed by atoms with van der Waals surface area (Å²) in [6, 6.07) is 22.4. The van der Waals surface area contributed by atoms with Gasteiger partial charge in [0.2, 0.25) is 0 Å². The van der Waals surface area contributed by atoms with E-state index < -0.39 is 0 Å². The Hall–Kier alpha value is -3.15. The molecule has 0 fully saturated rings. The van der Waals surface area contributed by atoms with Gasteiger partial charge in [0, 0.05) is 27.8 Å². The lowest BCUT2D eigenvalue weighted by Gasteiger charge is -2.08. The molecule has 1 N–H and O–H groups in total. The molecule has 4 rings (SSSR count). The van der Waals surface area contributed by atoms with Crippen molar-refractivity contribution >= 4 is 34.5 Å². The van der Waals surface area contributed by atoms with E-state index in [2.05, 4.69) is 5.32 Å². The second-order valence-electron chi connectivity index (χ2n) is 6.28. The van der Waals surface area contributed by atoms with Crippen LogP contribution in [0.25, 0.3) is 21.8 Å². The number of hydrogen-bond donors (Lipinski definition) is 1. The van der Waals surface area contributed by atoms with Gasteiger partial charge >= 0.3 is 0 Å². The number of thiazole rings is 1. The van der Waals surface area contributed by atoms with Crippen LogP contribution in [0.5, 0.6) is 5.75 Å². The van der Waals surface area contributed by atoms with Gasteiger partial charge in [-0.2, -0.15) is 0 Å². The lowest BCUT2D eigenvalue weighted by Crippen LogP contribution is -2.11. The van der Waals surface area contributed by atoms with E-state index in [0.717, 1.165) is 21.8 Å². The van der Waals surface area contributed by atoms with Crippen molar-refractivity contribution in [2.24, 2.45) is 0 Å². The van der Waals surface area contributed by atoms with Gasteiger partial charge in [-0.05, 0) is 42.5 Å². The van der Waals surface area contributed by atoms with Gasteiger partial charge in [-0.25, -0.2) is 4.98 Å². The van der Waals surface area contributed by atoms with Crippen molar-refractivity contribution in [3.05, 3.63) is 88.8 Å². The fourth-order valence-electron chi connectivity index (χ4n) is 2.86. The highest BCUT2D eigenvalue weighted by Crippen LogP contribution is 2.34. The van der Waals surface area contributed by atoms with Crippen molar-refractivity contribution in [1.82, 2.24) is 4.98 Å². The standard InChI is InChI=1S/C23H17ClN2O2S/c1-28-18-10-7-15(8-11-18)22(27)25-17-9-12-19(20(24)13-17)21-14-29-23(26-21)16-5-3-2-4-6-16/h2-14H,1H3,(H,25,27). The maximum atomic E-state index is 12.4. The molecule has 0 saturated heterocycles. The lowest BCUT2D eigenvalue weighted by molar-refractivity contribution is 0.102. The highest BCUT2D eigenvalue weighted by molar-refractivity contribution is 7.13. The van der Waals surface area contributed by atoms with E-state index in [4.69, 9.17) is 21.3 Å². The van der Waals surface area contributed by atoms with Crippen LogP contribution < -0.4 is 10.1 Å². The van der Waals surface area contributed by atoms with Crippen molar-refractivity contribution in [3.8, 4) is 27.6 Å². The topological polar surface area (TPSA) is 51.2 Å². The third kappa shape index (κ3) is 4.31. The summed E-state index contributed by atoms with van der Waals surface area (Å²) >= 11 is 8.06. The first-order valence-electron chi connectivity index (χ1n) is 8.90. The Morgan fingerprint density at radius 2 is 1.79 bits per heavy atom. The molecule has 0 aliphatic heterocycles. The molecule has 6 heteroatoms. The number of hydrogen-bond acceptors (Lipinski definition) is 4. The average molecular weight is 421 g/mol. The normalized spacial score (nSPS) is 10.6. The first-order chi connectivity index (χ1) is 14.1. The number of nitrogens with one attached hydrogen (secondary N) is 1. The Morgan fingerprint density at radius 1 is 1.03 bits per heavy atom. The van der Waals surface area contributed by atoms with Crippen LogP contribution in [-0.2, 0) is 0 Å². The van der Waals surface area contributed by atoms with E-state index in [1.807, 2.05) is 47.8 Å². The molecule has 0 atom stereocenters. The third-order valence-electron chi connectivity index (χ3n) is 4.38. The number of benzene rings is 3. The highest BCUT2D eigenvalue weighted by Gasteiger charge is 2.12. The van der Waals surface area contributed by atoms with Crippen LogP contribution >= 0.6 is 22.9 Å². The number of ether oxygens (including phenoxy) is 1. The Bertz CT molecular complexity index is 1140. The largest absolute Gasteiger partial charge is 0.497 e. The molecule has 1 heterocycles. The molecule has 0 spiro atoms. The first kappa shape index (κ1) is 19.2. The quantitative estimate of drug-likeness (QED) is 0.407. The summed E-state index contributed by atoms with van der Waals surface area (Å²) in [5.74, 6) is 0.489. The van der Waals surface area contributed by atoms with Gasteiger partial charge in [0.1, 0.15) is 10.8 Å². The number of nitrogens with zero attached hydrogens (tertiary/aromatic N) is 1. The number of rotatable bonds is 5. The zero-order valence-electron chi connectivity index (χ0n) is 15.6. The van der Waals surface area contributed by atoms with Gasteiger partial charge in [-0.3, -0.25) is 4.79 Å². The van der Waals surface area contributed by atoms with Crippen molar-refractivity contribution in [3.63, 3.8) is 0 Å². The number of anilines is 1. The van der Waals surface area contributed by atoms with Crippen LogP contribution in [0.3, 0.4) is 0 Å². The van der Waals surface area contributed by atoms with Gasteiger partial charge in [0.15, 0.2) is 0 Å². The molecule has 144 valence electrons. The zero-order valence-corrected chi connectivity index (χ0v) is 17.1. The summed E-state index contributed by atoms with van der Waals surface area (Å²) < 4.78 is 5.11. The summed E-state index contributed by atoms with van der Waals surface area (Å²) in [5.41, 5.74) is 3.87. The molecular formula is C23H17ClN2O2S. The number of carbonyl (C=O) groups is 1. The number of amides is 1. The number of aromatic nitrogens is 1. The fraction of sp³-hybridized carbons (Fsp3) is 0.0435. The third-order valence-corrected chi connectivity index (χ3v) is 5.58. The first-order valence-corrected chi connectivity index (χ1v) is 10.2. The molecule has 0 radical (unpaired) electrons. The van der Waals surface area contributed by atoms with Crippen LogP contribution in [0.2, 0.25) is 5.02 Å². The maximum absolute atomic E-state index is 12.4. The molecule has 0 unspecified atom stereocenters. The molecule has 0 aliphatic carbocycles. The smallest absolute Gasteiger partial charge is 0.255 e. The Kier molecular flexibility index (Phi) is 5.60. The van der Waals surface area contributed by atoms with E-state index >= 15 is 0 Å². The minimum Gasteiger partial charge on any atom is -0.497 e. The van der Waals surface area contributed by atoms with Crippen LogP contribution in [0, 0.1) is 0 Å². The van der Waals surface area contributed by atoms with Crippen molar-refractivity contribution in [1.29, 1.82) is 0 Å². The lowest BCUT2D eigenvalue weighted by atomic mass is 10.1.